The Labute approximate surface area is 130 Å². The molecule has 1 N–H and O–H groups in total. The van der Waals surface area contributed by atoms with Crippen LogP contribution in [0.1, 0.15) is 17.4 Å². The minimum absolute atomic E-state index is 0.193. The first-order valence-corrected chi connectivity index (χ1v) is 7.41. The third-order valence-electron chi connectivity index (χ3n) is 2.66. The molecule has 0 bridgehead atoms. The highest BCUT2D eigenvalue weighted by Crippen LogP contribution is 2.25. The van der Waals surface area contributed by atoms with E-state index >= 15 is 0 Å². The number of hydrogen-bond donors (Lipinski definition) is 1. The van der Waals surface area contributed by atoms with Gasteiger partial charge in [-0.05, 0) is 25.1 Å². The zero-order valence-corrected chi connectivity index (χ0v) is 12.5. The Balaban J connectivity index is 1.69. The molecule has 1 amide bonds. The van der Waals surface area contributed by atoms with Gasteiger partial charge in [-0.15, -0.1) is 21.5 Å². The summed E-state index contributed by atoms with van der Waals surface area (Å²) in [6, 6.07) is 6.73. The normalized spacial score (nSPS) is 10.4. The number of nitrogens with zero attached hydrogens (tertiary/aromatic N) is 3. The molecular weight excluding hydrogens is 304 g/mol. The molecule has 112 valence electrons. The molecule has 0 atom stereocenters. The fourth-order valence-corrected chi connectivity index (χ4v) is 2.39. The van der Waals surface area contributed by atoms with Gasteiger partial charge in [0.2, 0.25) is 5.88 Å². The fraction of sp³-hybridized carbons (Fsp3) is 0.143. The first-order valence-electron chi connectivity index (χ1n) is 6.53. The van der Waals surface area contributed by atoms with Gasteiger partial charge in [0.1, 0.15) is 5.69 Å². The molecule has 3 aromatic heterocycles. The zero-order valence-electron chi connectivity index (χ0n) is 11.6. The van der Waals surface area contributed by atoms with Gasteiger partial charge < -0.3 is 9.15 Å². The third-order valence-corrected chi connectivity index (χ3v) is 3.42. The first-order chi connectivity index (χ1) is 10.8. The predicted octanol–water partition coefficient (Wildman–Crippen LogP) is 2.84. The standard InChI is InChI=1S/C14H12N4O3S/c1-2-20-12-6-5-9(17-18-12)13(19)16-14-15-10(8-22-14)11-4-3-7-21-11/h3-8H,2H2,1H3,(H,15,16,19). The molecule has 0 radical (unpaired) electrons. The van der Waals surface area contributed by atoms with Crippen LogP contribution in [0.15, 0.2) is 40.3 Å². The van der Waals surface area contributed by atoms with E-state index in [1.54, 1.807) is 35.9 Å². The Hall–Kier alpha value is -2.74. The van der Waals surface area contributed by atoms with Crippen molar-refractivity contribution in [2.45, 2.75) is 6.92 Å². The molecule has 7 nitrogen and oxygen atoms in total. The van der Waals surface area contributed by atoms with E-state index in [4.69, 9.17) is 9.15 Å². The Bertz CT molecular complexity index is 753. The molecule has 0 spiro atoms. The van der Waals surface area contributed by atoms with Crippen molar-refractivity contribution in [1.82, 2.24) is 15.2 Å². The minimum atomic E-state index is -0.379. The van der Waals surface area contributed by atoms with Crippen LogP contribution in [0.3, 0.4) is 0 Å². The van der Waals surface area contributed by atoms with Crippen LogP contribution in [0.25, 0.3) is 11.5 Å². The average Bonchev–Trinajstić information content (AvgIpc) is 3.19. The van der Waals surface area contributed by atoms with Crippen LogP contribution in [0.4, 0.5) is 5.13 Å². The summed E-state index contributed by atoms with van der Waals surface area (Å²) in [7, 11) is 0. The molecule has 3 aromatic rings. The molecule has 0 aromatic carbocycles. The van der Waals surface area contributed by atoms with E-state index in [0.29, 0.717) is 29.1 Å². The average molecular weight is 316 g/mol. The molecular formula is C14H12N4O3S. The molecule has 0 saturated heterocycles. The van der Waals surface area contributed by atoms with E-state index in [1.165, 1.54) is 11.3 Å². The van der Waals surface area contributed by atoms with Gasteiger partial charge in [-0.1, -0.05) is 0 Å². The topological polar surface area (TPSA) is 90.1 Å². The van der Waals surface area contributed by atoms with Crippen molar-refractivity contribution in [3.05, 3.63) is 41.6 Å². The lowest BCUT2D eigenvalue weighted by molar-refractivity contribution is 0.102. The maximum atomic E-state index is 12.1. The number of furan rings is 1. The summed E-state index contributed by atoms with van der Waals surface area (Å²) in [5.74, 6) is 0.655. The molecule has 0 unspecified atom stereocenters. The van der Waals surface area contributed by atoms with Crippen LogP contribution < -0.4 is 10.1 Å². The van der Waals surface area contributed by atoms with Crippen molar-refractivity contribution < 1.29 is 13.9 Å². The molecule has 0 aliphatic rings. The third kappa shape index (κ3) is 3.12. The summed E-state index contributed by atoms with van der Waals surface area (Å²) < 4.78 is 10.4. The van der Waals surface area contributed by atoms with Gasteiger partial charge in [0.05, 0.1) is 12.9 Å². The second-order valence-electron chi connectivity index (χ2n) is 4.16. The van der Waals surface area contributed by atoms with Crippen LogP contribution in [0.5, 0.6) is 5.88 Å². The number of ether oxygens (including phenoxy) is 1. The van der Waals surface area contributed by atoms with Gasteiger partial charge in [0.25, 0.3) is 5.91 Å². The summed E-state index contributed by atoms with van der Waals surface area (Å²) >= 11 is 1.31. The molecule has 0 saturated carbocycles. The van der Waals surface area contributed by atoms with Crippen molar-refractivity contribution in [3.8, 4) is 17.3 Å². The molecule has 0 aliphatic heterocycles. The van der Waals surface area contributed by atoms with E-state index in [9.17, 15) is 4.79 Å². The van der Waals surface area contributed by atoms with Crippen molar-refractivity contribution in [3.63, 3.8) is 0 Å². The lowest BCUT2D eigenvalue weighted by Gasteiger charge is -2.02. The first kappa shape index (κ1) is 14.2. The molecule has 8 heteroatoms. The highest BCUT2D eigenvalue weighted by atomic mass is 32.1. The Morgan fingerprint density at radius 2 is 2.27 bits per heavy atom. The fourth-order valence-electron chi connectivity index (χ4n) is 1.70. The largest absolute Gasteiger partial charge is 0.477 e. The van der Waals surface area contributed by atoms with Gasteiger partial charge in [0.15, 0.2) is 16.6 Å². The van der Waals surface area contributed by atoms with Crippen LogP contribution in [-0.4, -0.2) is 27.7 Å². The minimum Gasteiger partial charge on any atom is -0.477 e. The summed E-state index contributed by atoms with van der Waals surface area (Å²) in [6.45, 7) is 2.34. The highest BCUT2D eigenvalue weighted by Gasteiger charge is 2.12. The van der Waals surface area contributed by atoms with Crippen LogP contribution >= 0.6 is 11.3 Å². The maximum Gasteiger partial charge on any atom is 0.277 e. The summed E-state index contributed by atoms with van der Waals surface area (Å²) in [5, 5.41) is 12.6. The predicted molar refractivity (Wildman–Crippen MR) is 81.0 cm³/mol. The van der Waals surface area contributed by atoms with Crippen molar-refractivity contribution in [2.75, 3.05) is 11.9 Å². The quantitative estimate of drug-likeness (QED) is 0.778. The SMILES string of the molecule is CCOc1ccc(C(=O)Nc2nc(-c3ccco3)cs2)nn1. The zero-order chi connectivity index (χ0) is 15.4. The monoisotopic (exact) mass is 316 g/mol. The summed E-state index contributed by atoms with van der Waals surface area (Å²) in [6.07, 6.45) is 1.57. The summed E-state index contributed by atoms with van der Waals surface area (Å²) in [5.41, 5.74) is 0.862. The van der Waals surface area contributed by atoms with Gasteiger partial charge in [-0.2, -0.15) is 0 Å². The number of carbonyl (C=O) groups is 1. The van der Waals surface area contributed by atoms with E-state index in [1.807, 2.05) is 6.92 Å². The molecule has 0 aliphatic carbocycles. The lowest BCUT2D eigenvalue weighted by Crippen LogP contribution is -2.14. The molecule has 3 heterocycles. The Morgan fingerprint density at radius 3 is 2.95 bits per heavy atom. The maximum absolute atomic E-state index is 12.1. The van der Waals surface area contributed by atoms with Crippen molar-refractivity contribution in [1.29, 1.82) is 0 Å². The van der Waals surface area contributed by atoms with Crippen LogP contribution in [-0.2, 0) is 0 Å². The lowest BCUT2D eigenvalue weighted by atomic mass is 10.3. The second kappa shape index (κ2) is 6.35. The number of amides is 1. The van der Waals surface area contributed by atoms with E-state index in [-0.39, 0.29) is 11.6 Å². The smallest absolute Gasteiger partial charge is 0.277 e. The molecule has 3 rings (SSSR count). The number of nitrogens with one attached hydrogen (secondary N) is 1. The number of anilines is 1. The Kier molecular flexibility index (Phi) is 4.10. The highest BCUT2D eigenvalue weighted by molar-refractivity contribution is 7.14. The second-order valence-corrected chi connectivity index (χ2v) is 5.02. The summed E-state index contributed by atoms with van der Waals surface area (Å²) in [4.78, 5) is 16.4. The van der Waals surface area contributed by atoms with Gasteiger partial charge >= 0.3 is 0 Å². The van der Waals surface area contributed by atoms with Gasteiger partial charge in [-0.25, -0.2) is 4.98 Å². The number of aromatic nitrogens is 3. The molecule has 22 heavy (non-hydrogen) atoms. The van der Waals surface area contributed by atoms with E-state index in [0.717, 1.165) is 0 Å². The van der Waals surface area contributed by atoms with Crippen LogP contribution in [0.2, 0.25) is 0 Å². The van der Waals surface area contributed by atoms with Crippen molar-refractivity contribution in [2.24, 2.45) is 0 Å². The number of carbonyl (C=O) groups excluding carboxylic acids is 1. The van der Waals surface area contributed by atoms with Crippen molar-refractivity contribution >= 4 is 22.4 Å². The Morgan fingerprint density at radius 1 is 1.36 bits per heavy atom. The van der Waals surface area contributed by atoms with E-state index in [2.05, 4.69) is 20.5 Å². The van der Waals surface area contributed by atoms with E-state index < -0.39 is 0 Å². The number of thiazole rings is 1. The van der Waals surface area contributed by atoms with Gasteiger partial charge in [0, 0.05) is 11.4 Å². The number of hydrogen-bond acceptors (Lipinski definition) is 7. The van der Waals surface area contributed by atoms with Gasteiger partial charge in [-0.3, -0.25) is 10.1 Å². The number of rotatable bonds is 5. The molecule has 0 fully saturated rings. The van der Waals surface area contributed by atoms with Crippen LogP contribution in [0, 0.1) is 0 Å².